The van der Waals surface area contributed by atoms with Crippen molar-refractivity contribution in [2.45, 2.75) is 51.0 Å². The number of rotatable bonds is 4. The van der Waals surface area contributed by atoms with Gasteiger partial charge in [-0.05, 0) is 30.5 Å². The molecule has 18 heavy (non-hydrogen) atoms. The zero-order chi connectivity index (χ0) is 12.8. The maximum absolute atomic E-state index is 10.7. The van der Waals surface area contributed by atoms with Crippen LogP contribution in [0.3, 0.4) is 0 Å². The highest BCUT2D eigenvalue weighted by Gasteiger charge is 2.12. The smallest absolute Gasteiger partial charge is 0.307 e. The van der Waals surface area contributed by atoms with E-state index in [9.17, 15) is 4.79 Å². The molecule has 1 aliphatic rings. The number of nitrogens with one attached hydrogen (secondary N) is 1. The second kappa shape index (κ2) is 6.43. The Hall–Kier alpha value is -1.51. The molecule has 0 bridgehead atoms. The third-order valence-corrected chi connectivity index (χ3v) is 3.51. The molecule has 0 spiro atoms. The molecule has 0 unspecified atom stereocenters. The van der Waals surface area contributed by atoms with Crippen molar-refractivity contribution in [3.8, 4) is 0 Å². The summed E-state index contributed by atoms with van der Waals surface area (Å²) in [5.41, 5.74) is 1.92. The Morgan fingerprint density at radius 1 is 1.22 bits per heavy atom. The molecule has 2 rings (SSSR count). The molecule has 2 N–H and O–H groups in total. The van der Waals surface area contributed by atoms with Gasteiger partial charge in [0, 0.05) is 11.7 Å². The van der Waals surface area contributed by atoms with Gasteiger partial charge >= 0.3 is 5.97 Å². The fourth-order valence-electron chi connectivity index (χ4n) is 2.61. The molecule has 3 heteroatoms. The minimum absolute atomic E-state index is 0.0974. The summed E-state index contributed by atoms with van der Waals surface area (Å²) in [5, 5.41) is 12.3. The van der Waals surface area contributed by atoms with Gasteiger partial charge in [-0.3, -0.25) is 4.79 Å². The van der Waals surface area contributed by atoms with Gasteiger partial charge in [0.1, 0.15) is 0 Å². The summed E-state index contributed by atoms with van der Waals surface area (Å²) in [7, 11) is 0. The first-order valence-corrected chi connectivity index (χ1v) is 6.81. The zero-order valence-electron chi connectivity index (χ0n) is 10.7. The fraction of sp³-hybridized carbons (Fsp3) is 0.533. The van der Waals surface area contributed by atoms with Crippen molar-refractivity contribution < 1.29 is 9.90 Å². The molecule has 3 nitrogen and oxygen atoms in total. The Morgan fingerprint density at radius 2 is 1.94 bits per heavy atom. The lowest BCUT2D eigenvalue weighted by molar-refractivity contribution is -0.136. The van der Waals surface area contributed by atoms with Gasteiger partial charge in [0.2, 0.25) is 0 Å². The van der Waals surface area contributed by atoms with E-state index in [1.54, 1.807) is 0 Å². The largest absolute Gasteiger partial charge is 0.481 e. The van der Waals surface area contributed by atoms with Gasteiger partial charge in [0.05, 0.1) is 6.42 Å². The van der Waals surface area contributed by atoms with Crippen molar-refractivity contribution in [1.29, 1.82) is 0 Å². The van der Waals surface area contributed by atoms with Crippen LogP contribution in [0.5, 0.6) is 0 Å². The van der Waals surface area contributed by atoms with Crippen LogP contribution in [0.2, 0.25) is 0 Å². The van der Waals surface area contributed by atoms with Crippen LogP contribution < -0.4 is 5.32 Å². The van der Waals surface area contributed by atoms with Crippen molar-refractivity contribution >= 4 is 11.7 Å². The third kappa shape index (κ3) is 4.06. The Kier molecular flexibility index (Phi) is 4.62. The van der Waals surface area contributed by atoms with E-state index in [0.717, 1.165) is 11.3 Å². The van der Waals surface area contributed by atoms with E-state index in [1.165, 1.54) is 38.5 Å². The molecule has 0 saturated heterocycles. The van der Waals surface area contributed by atoms with Crippen molar-refractivity contribution in [3.05, 3.63) is 29.8 Å². The summed E-state index contributed by atoms with van der Waals surface area (Å²) < 4.78 is 0. The molecular formula is C15H21NO2. The average Bonchev–Trinajstić information content (AvgIpc) is 2.57. The SMILES string of the molecule is O=C(O)Cc1cccc(NC2CCCCCC2)c1. The Labute approximate surface area is 108 Å². The molecule has 1 saturated carbocycles. The predicted molar refractivity (Wildman–Crippen MR) is 72.9 cm³/mol. The molecule has 0 amide bonds. The second-order valence-electron chi connectivity index (χ2n) is 5.10. The van der Waals surface area contributed by atoms with Gasteiger partial charge in [-0.25, -0.2) is 0 Å². The predicted octanol–water partition coefficient (Wildman–Crippen LogP) is 3.45. The number of anilines is 1. The first kappa shape index (κ1) is 12.9. The lowest BCUT2D eigenvalue weighted by Crippen LogP contribution is -2.18. The maximum atomic E-state index is 10.7. The van der Waals surface area contributed by atoms with E-state index in [-0.39, 0.29) is 6.42 Å². The van der Waals surface area contributed by atoms with E-state index in [2.05, 4.69) is 5.32 Å². The molecule has 0 radical (unpaired) electrons. The highest BCUT2D eigenvalue weighted by molar-refractivity contribution is 5.70. The van der Waals surface area contributed by atoms with Gasteiger partial charge in [0.15, 0.2) is 0 Å². The van der Waals surface area contributed by atoms with Crippen LogP contribution in [0.15, 0.2) is 24.3 Å². The number of carboxylic acid groups (broad SMARTS) is 1. The van der Waals surface area contributed by atoms with Crippen LogP contribution in [-0.4, -0.2) is 17.1 Å². The van der Waals surface area contributed by atoms with Gasteiger partial charge < -0.3 is 10.4 Å². The summed E-state index contributed by atoms with van der Waals surface area (Å²) in [6.07, 6.45) is 7.83. The molecule has 1 aromatic carbocycles. The first-order chi connectivity index (χ1) is 8.74. The monoisotopic (exact) mass is 247 g/mol. The number of carbonyl (C=O) groups is 1. The first-order valence-electron chi connectivity index (χ1n) is 6.81. The number of hydrogen-bond donors (Lipinski definition) is 2. The van der Waals surface area contributed by atoms with Crippen LogP contribution in [0.1, 0.15) is 44.1 Å². The van der Waals surface area contributed by atoms with E-state index >= 15 is 0 Å². The molecule has 1 aliphatic carbocycles. The number of carboxylic acids is 1. The standard InChI is InChI=1S/C15H21NO2/c17-15(18)11-12-6-5-9-14(10-12)16-13-7-3-1-2-4-8-13/h5-6,9-10,13,16H,1-4,7-8,11H2,(H,17,18). The molecule has 0 atom stereocenters. The average molecular weight is 247 g/mol. The van der Waals surface area contributed by atoms with Crippen molar-refractivity contribution in [3.63, 3.8) is 0 Å². The maximum Gasteiger partial charge on any atom is 0.307 e. The lowest BCUT2D eigenvalue weighted by Gasteiger charge is -2.18. The summed E-state index contributed by atoms with van der Waals surface area (Å²) in [6.45, 7) is 0. The Bertz CT molecular complexity index is 395. The van der Waals surface area contributed by atoms with Crippen molar-refractivity contribution in [1.82, 2.24) is 0 Å². The molecule has 0 heterocycles. The molecular weight excluding hydrogens is 226 g/mol. The van der Waals surface area contributed by atoms with Crippen molar-refractivity contribution in [2.24, 2.45) is 0 Å². The summed E-state index contributed by atoms with van der Waals surface area (Å²) in [4.78, 5) is 10.7. The van der Waals surface area contributed by atoms with Gasteiger partial charge in [-0.2, -0.15) is 0 Å². The fourth-order valence-corrected chi connectivity index (χ4v) is 2.61. The number of aliphatic carboxylic acids is 1. The van der Waals surface area contributed by atoms with Crippen LogP contribution >= 0.6 is 0 Å². The van der Waals surface area contributed by atoms with Gasteiger partial charge in [-0.1, -0.05) is 37.8 Å². The topological polar surface area (TPSA) is 49.3 Å². The van der Waals surface area contributed by atoms with Crippen LogP contribution in [-0.2, 0) is 11.2 Å². The summed E-state index contributed by atoms with van der Waals surface area (Å²) >= 11 is 0. The van der Waals surface area contributed by atoms with E-state index in [1.807, 2.05) is 24.3 Å². The molecule has 98 valence electrons. The van der Waals surface area contributed by atoms with E-state index < -0.39 is 5.97 Å². The normalized spacial score (nSPS) is 17.1. The van der Waals surface area contributed by atoms with Crippen LogP contribution in [0, 0.1) is 0 Å². The third-order valence-electron chi connectivity index (χ3n) is 3.51. The zero-order valence-corrected chi connectivity index (χ0v) is 10.7. The minimum Gasteiger partial charge on any atom is -0.481 e. The Morgan fingerprint density at radius 3 is 2.61 bits per heavy atom. The molecule has 0 aromatic heterocycles. The Balaban J connectivity index is 1.97. The number of hydrogen-bond acceptors (Lipinski definition) is 2. The quantitative estimate of drug-likeness (QED) is 0.801. The van der Waals surface area contributed by atoms with Gasteiger partial charge in [-0.15, -0.1) is 0 Å². The highest BCUT2D eigenvalue weighted by atomic mass is 16.4. The molecule has 0 aliphatic heterocycles. The molecule has 1 aromatic rings. The summed E-state index contributed by atoms with van der Waals surface area (Å²) in [5.74, 6) is -0.776. The number of benzene rings is 1. The van der Waals surface area contributed by atoms with E-state index in [0.29, 0.717) is 6.04 Å². The van der Waals surface area contributed by atoms with Crippen molar-refractivity contribution in [2.75, 3.05) is 5.32 Å². The summed E-state index contributed by atoms with van der Waals surface area (Å²) in [6, 6.07) is 8.33. The minimum atomic E-state index is -0.776. The van der Waals surface area contributed by atoms with Crippen LogP contribution in [0.25, 0.3) is 0 Å². The molecule has 1 fully saturated rings. The van der Waals surface area contributed by atoms with Gasteiger partial charge in [0.25, 0.3) is 0 Å². The highest BCUT2D eigenvalue weighted by Crippen LogP contribution is 2.21. The van der Waals surface area contributed by atoms with Crippen LogP contribution in [0.4, 0.5) is 5.69 Å². The second-order valence-corrected chi connectivity index (χ2v) is 5.10. The lowest BCUT2D eigenvalue weighted by atomic mass is 10.1. The van der Waals surface area contributed by atoms with E-state index in [4.69, 9.17) is 5.11 Å².